The van der Waals surface area contributed by atoms with Crippen LogP contribution in [0, 0.1) is 11.3 Å². The minimum atomic E-state index is 0.410. The maximum Gasteiger partial charge on any atom is 0.175 e. The smallest absolute Gasteiger partial charge is 0.175 e. The van der Waals surface area contributed by atoms with Crippen LogP contribution in [-0.4, -0.2) is 5.11 Å². The van der Waals surface area contributed by atoms with Crippen molar-refractivity contribution < 1.29 is 0 Å². The molecule has 0 fully saturated rings. The zero-order valence-corrected chi connectivity index (χ0v) is 12.1. The molecule has 5 heteroatoms. The number of nitrogens with zero attached hydrogens (tertiary/aromatic N) is 1. The Labute approximate surface area is 128 Å². The molecule has 0 unspecified atom stereocenters. The lowest BCUT2D eigenvalue weighted by Gasteiger charge is -2.10. The third kappa shape index (κ3) is 4.23. The minimum absolute atomic E-state index is 0.410. The molecule has 2 aromatic rings. The average Bonchev–Trinajstić information content (AvgIpc) is 2.44. The summed E-state index contributed by atoms with van der Waals surface area (Å²) < 4.78 is 0. The summed E-state index contributed by atoms with van der Waals surface area (Å²) in [5, 5.41) is 15.9. The molecule has 20 heavy (non-hydrogen) atoms. The van der Waals surface area contributed by atoms with E-state index >= 15 is 0 Å². The molecule has 0 radical (unpaired) electrons. The van der Waals surface area contributed by atoms with E-state index in [9.17, 15) is 0 Å². The number of rotatable bonds is 3. The van der Waals surface area contributed by atoms with E-state index in [2.05, 4.69) is 16.7 Å². The van der Waals surface area contributed by atoms with E-state index in [1.54, 1.807) is 12.1 Å². The van der Waals surface area contributed by atoms with Crippen molar-refractivity contribution in [2.75, 3.05) is 10.6 Å². The number of benzene rings is 2. The summed E-state index contributed by atoms with van der Waals surface area (Å²) in [6.45, 7) is 0. The number of anilines is 2. The quantitative estimate of drug-likeness (QED) is 0.834. The molecule has 0 saturated carbocycles. The summed E-state index contributed by atoms with van der Waals surface area (Å²) >= 11 is 11.0. The summed E-state index contributed by atoms with van der Waals surface area (Å²) in [6, 6.07) is 17.0. The van der Waals surface area contributed by atoms with Gasteiger partial charge in [0.25, 0.3) is 0 Å². The highest BCUT2D eigenvalue weighted by molar-refractivity contribution is 7.80. The molecule has 2 aromatic carbocycles. The van der Waals surface area contributed by atoms with Crippen molar-refractivity contribution >= 4 is 40.3 Å². The van der Waals surface area contributed by atoms with Crippen LogP contribution in [0.2, 0.25) is 5.02 Å². The van der Waals surface area contributed by atoms with Crippen molar-refractivity contribution in [1.82, 2.24) is 0 Å². The number of hydrogen-bond acceptors (Lipinski definition) is 2. The molecular formula is C15H12ClN3S. The van der Waals surface area contributed by atoms with Gasteiger partial charge >= 0.3 is 0 Å². The van der Waals surface area contributed by atoms with Crippen LogP contribution in [0.4, 0.5) is 11.4 Å². The lowest BCUT2D eigenvalue weighted by Crippen LogP contribution is -2.18. The molecule has 100 valence electrons. The first-order valence-electron chi connectivity index (χ1n) is 5.97. The first-order valence-corrected chi connectivity index (χ1v) is 6.75. The second-order valence-corrected chi connectivity index (χ2v) is 4.96. The molecule has 0 aromatic heterocycles. The van der Waals surface area contributed by atoms with Crippen LogP contribution >= 0.6 is 23.8 Å². The van der Waals surface area contributed by atoms with Crippen LogP contribution in [0.25, 0.3) is 0 Å². The number of nitriles is 1. The van der Waals surface area contributed by atoms with Gasteiger partial charge in [0.05, 0.1) is 12.5 Å². The van der Waals surface area contributed by atoms with Gasteiger partial charge < -0.3 is 10.6 Å². The molecule has 0 aliphatic carbocycles. The largest absolute Gasteiger partial charge is 0.332 e. The van der Waals surface area contributed by atoms with Gasteiger partial charge in [0.2, 0.25) is 0 Å². The van der Waals surface area contributed by atoms with Crippen LogP contribution in [0.15, 0.2) is 48.5 Å². The SMILES string of the molecule is N#CCc1ccc(NC(=S)Nc2ccc(Cl)cc2)cc1. The zero-order chi connectivity index (χ0) is 14.4. The third-order valence-corrected chi connectivity index (χ3v) is 3.05. The number of nitrogens with one attached hydrogen (secondary N) is 2. The van der Waals surface area contributed by atoms with Crippen LogP contribution in [0.3, 0.4) is 0 Å². The Morgan fingerprint density at radius 2 is 1.50 bits per heavy atom. The molecular weight excluding hydrogens is 290 g/mol. The van der Waals surface area contributed by atoms with Gasteiger partial charge in [-0.1, -0.05) is 23.7 Å². The predicted octanol–water partition coefficient (Wildman–Crippen LogP) is 4.21. The van der Waals surface area contributed by atoms with E-state index in [0.717, 1.165) is 16.9 Å². The molecule has 0 saturated heterocycles. The minimum Gasteiger partial charge on any atom is -0.332 e. The Balaban J connectivity index is 1.94. The fourth-order valence-corrected chi connectivity index (χ4v) is 1.99. The van der Waals surface area contributed by atoms with Crippen molar-refractivity contribution in [3.8, 4) is 6.07 Å². The van der Waals surface area contributed by atoms with E-state index in [0.29, 0.717) is 16.6 Å². The van der Waals surface area contributed by atoms with Gasteiger partial charge in [0, 0.05) is 16.4 Å². The molecule has 0 atom stereocenters. The van der Waals surface area contributed by atoms with E-state index < -0.39 is 0 Å². The fourth-order valence-electron chi connectivity index (χ4n) is 1.62. The summed E-state index contributed by atoms with van der Waals surface area (Å²) in [7, 11) is 0. The van der Waals surface area contributed by atoms with Gasteiger partial charge in [0.1, 0.15) is 0 Å². The normalized spacial score (nSPS) is 9.60. The number of halogens is 1. The van der Waals surface area contributed by atoms with E-state index in [4.69, 9.17) is 29.1 Å². The molecule has 3 nitrogen and oxygen atoms in total. The van der Waals surface area contributed by atoms with E-state index in [1.165, 1.54) is 0 Å². The lowest BCUT2D eigenvalue weighted by atomic mass is 10.1. The van der Waals surface area contributed by atoms with Gasteiger partial charge in [-0.05, 0) is 54.2 Å². The Morgan fingerprint density at radius 3 is 2.00 bits per heavy atom. The van der Waals surface area contributed by atoms with E-state index in [1.807, 2.05) is 36.4 Å². The van der Waals surface area contributed by atoms with Crippen LogP contribution in [-0.2, 0) is 6.42 Å². The van der Waals surface area contributed by atoms with Crippen LogP contribution < -0.4 is 10.6 Å². The van der Waals surface area contributed by atoms with Crippen LogP contribution in [0.1, 0.15) is 5.56 Å². The maximum atomic E-state index is 8.61. The van der Waals surface area contributed by atoms with Gasteiger partial charge in [-0.2, -0.15) is 5.26 Å². The Bertz CT molecular complexity index is 630. The maximum absolute atomic E-state index is 8.61. The van der Waals surface area contributed by atoms with Crippen molar-refractivity contribution in [1.29, 1.82) is 5.26 Å². The predicted molar refractivity (Wildman–Crippen MR) is 87.1 cm³/mol. The highest BCUT2D eigenvalue weighted by Crippen LogP contribution is 2.14. The van der Waals surface area contributed by atoms with Gasteiger partial charge in [-0.25, -0.2) is 0 Å². The standard InChI is InChI=1S/C15H12ClN3S/c16-12-3-7-14(8-4-12)19-15(20)18-13-5-1-11(2-6-13)9-10-17/h1-8H,9H2,(H2,18,19,20). The molecule has 0 heterocycles. The fraction of sp³-hybridized carbons (Fsp3) is 0.0667. The monoisotopic (exact) mass is 301 g/mol. The van der Waals surface area contributed by atoms with Crippen molar-refractivity contribution in [3.63, 3.8) is 0 Å². The first-order chi connectivity index (χ1) is 9.67. The first kappa shape index (κ1) is 14.3. The Hall–Kier alpha value is -2.09. The highest BCUT2D eigenvalue weighted by atomic mass is 35.5. The van der Waals surface area contributed by atoms with Gasteiger partial charge in [0.15, 0.2) is 5.11 Å². The molecule has 2 N–H and O–H groups in total. The molecule has 0 amide bonds. The Morgan fingerprint density at radius 1 is 1.00 bits per heavy atom. The molecule has 2 rings (SSSR count). The number of hydrogen-bond donors (Lipinski definition) is 2. The molecule has 0 spiro atoms. The van der Waals surface area contributed by atoms with Gasteiger partial charge in [-0.15, -0.1) is 0 Å². The summed E-state index contributed by atoms with van der Waals surface area (Å²) in [4.78, 5) is 0. The van der Waals surface area contributed by atoms with Crippen molar-refractivity contribution in [2.24, 2.45) is 0 Å². The summed E-state index contributed by atoms with van der Waals surface area (Å²) in [5.74, 6) is 0. The average molecular weight is 302 g/mol. The zero-order valence-electron chi connectivity index (χ0n) is 10.6. The third-order valence-electron chi connectivity index (χ3n) is 2.60. The van der Waals surface area contributed by atoms with Crippen LogP contribution in [0.5, 0.6) is 0 Å². The van der Waals surface area contributed by atoms with Gasteiger partial charge in [-0.3, -0.25) is 0 Å². The number of thiocarbonyl (C=S) groups is 1. The summed E-state index contributed by atoms with van der Waals surface area (Å²) in [5.41, 5.74) is 2.72. The summed E-state index contributed by atoms with van der Waals surface area (Å²) in [6.07, 6.45) is 0.410. The highest BCUT2D eigenvalue weighted by Gasteiger charge is 1.99. The lowest BCUT2D eigenvalue weighted by molar-refractivity contribution is 1.26. The topological polar surface area (TPSA) is 47.9 Å². The second kappa shape index (κ2) is 6.90. The second-order valence-electron chi connectivity index (χ2n) is 4.12. The Kier molecular flexibility index (Phi) is 4.94. The molecule has 0 aliphatic heterocycles. The van der Waals surface area contributed by atoms with Crippen molar-refractivity contribution in [2.45, 2.75) is 6.42 Å². The molecule has 0 bridgehead atoms. The van der Waals surface area contributed by atoms with E-state index in [-0.39, 0.29) is 0 Å². The van der Waals surface area contributed by atoms with Crippen molar-refractivity contribution in [3.05, 3.63) is 59.1 Å². The molecule has 0 aliphatic rings.